The summed E-state index contributed by atoms with van der Waals surface area (Å²) in [6.07, 6.45) is 4.86. The van der Waals surface area contributed by atoms with E-state index in [1.165, 1.54) is 25.7 Å². The van der Waals surface area contributed by atoms with Gasteiger partial charge in [0, 0.05) is 13.0 Å². The second kappa shape index (κ2) is 5.62. The van der Waals surface area contributed by atoms with Gasteiger partial charge >= 0.3 is 0 Å². The highest BCUT2D eigenvalue weighted by Crippen LogP contribution is 2.17. The first-order chi connectivity index (χ1) is 8.28. The molecular weight excluding hydrogens is 220 g/mol. The molecule has 2 rings (SSSR count). The van der Waals surface area contributed by atoms with Crippen molar-refractivity contribution in [2.75, 3.05) is 0 Å². The zero-order valence-corrected chi connectivity index (χ0v) is 9.94. The van der Waals surface area contributed by atoms with Gasteiger partial charge in [-0.05, 0) is 12.8 Å². The van der Waals surface area contributed by atoms with Crippen LogP contribution in [0.4, 0.5) is 0 Å². The van der Waals surface area contributed by atoms with Crippen molar-refractivity contribution in [3.63, 3.8) is 0 Å². The van der Waals surface area contributed by atoms with Gasteiger partial charge in [0.1, 0.15) is 6.54 Å². The Balaban J connectivity index is 1.88. The molecule has 1 aromatic rings. The van der Waals surface area contributed by atoms with Crippen molar-refractivity contribution in [2.24, 2.45) is 10.8 Å². The van der Waals surface area contributed by atoms with Crippen molar-refractivity contribution in [3.8, 4) is 0 Å². The van der Waals surface area contributed by atoms with E-state index in [0.29, 0.717) is 30.3 Å². The van der Waals surface area contributed by atoms with E-state index in [1.54, 1.807) is 6.92 Å². The second-order valence-corrected chi connectivity index (χ2v) is 4.16. The van der Waals surface area contributed by atoms with Gasteiger partial charge in [0.15, 0.2) is 5.82 Å². The Kier molecular flexibility index (Phi) is 3.92. The Hall–Kier alpha value is -1.63. The highest BCUT2D eigenvalue weighted by molar-refractivity contribution is 5.79. The smallest absolute Gasteiger partial charge is 0.223 e. The SMILES string of the molecule is Cc1nc(CN=C(NN)NC2CCCC2)no1. The predicted molar refractivity (Wildman–Crippen MR) is 62.9 cm³/mol. The van der Waals surface area contributed by atoms with E-state index in [0.717, 1.165) is 0 Å². The number of aromatic nitrogens is 2. The van der Waals surface area contributed by atoms with E-state index in [9.17, 15) is 0 Å². The zero-order valence-electron chi connectivity index (χ0n) is 9.94. The largest absolute Gasteiger partial charge is 0.353 e. The van der Waals surface area contributed by atoms with Gasteiger partial charge in [0.2, 0.25) is 11.9 Å². The van der Waals surface area contributed by atoms with Gasteiger partial charge in [0.05, 0.1) is 0 Å². The Bertz CT molecular complexity index is 382. The van der Waals surface area contributed by atoms with Crippen LogP contribution in [-0.2, 0) is 6.54 Å². The molecule has 0 atom stereocenters. The third kappa shape index (κ3) is 3.42. The topological polar surface area (TPSA) is 101 Å². The van der Waals surface area contributed by atoms with E-state index < -0.39 is 0 Å². The number of rotatable bonds is 3. The number of nitrogens with one attached hydrogen (secondary N) is 2. The van der Waals surface area contributed by atoms with Gasteiger partial charge in [-0.15, -0.1) is 0 Å². The molecule has 1 fully saturated rings. The molecule has 0 amide bonds. The molecular formula is C10H18N6O. The number of aryl methyl sites for hydroxylation is 1. The highest BCUT2D eigenvalue weighted by Gasteiger charge is 2.15. The van der Waals surface area contributed by atoms with E-state index in [1.807, 2.05) is 0 Å². The third-order valence-electron chi connectivity index (χ3n) is 2.78. The molecule has 0 unspecified atom stereocenters. The maximum atomic E-state index is 5.41. The fraction of sp³-hybridized carbons (Fsp3) is 0.700. The van der Waals surface area contributed by atoms with Crippen LogP contribution in [-0.4, -0.2) is 22.1 Å². The minimum atomic E-state index is 0.358. The molecule has 0 aliphatic heterocycles. The van der Waals surface area contributed by atoms with E-state index >= 15 is 0 Å². The number of nitrogens with two attached hydrogens (primary N) is 1. The first kappa shape index (κ1) is 11.8. The van der Waals surface area contributed by atoms with Crippen LogP contribution in [0.15, 0.2) is 9.52 Å². The van der Waals surface area contributed by atoms with Crippen LogP contribution in [0.5, 0.6) is 0 Å². The summed E-state index contributed by atoms with van der Waals surface area (Å²) in [6, 6.07) is 0.469. The van der Waals surface area contributed by atoms with Crippen molar-refractivity contribution in [3.05, 3.63) is 11.7 Å². The first-order valence-corrected chi connectivity index (χ1v) is 5.84. The summed E-state index contributed by atoms with van der Waals surface area (Å²) in [4.78, 5) is 8.34. The lowest BCUT2D eigenvalue weighted by Crippen LogP contribution is -2.45. The number of aliphatic imine (C=N–C) groups is 1. The van der Waals surface area contributed by atoms with Crippen molar-refractivity contribution in [1.29, 1.82) is 0 Å². The Morgan fingerprint density at radius 3 is 2.88 bits per heavy atom. The van der Waals surface area contributed by atoms with Gasteiger partial charge in [-0.1, -0.05) is 18.0 Å². The van der Waals surface area contributed by atoms with Crippen molar-refractivity contribution >= 4 is 5.96 Å². The highest BCUT2D eigenvalue weighted by atomic mass is 16.5. The summed E-state index contributed by atoms with van der Waals surface area (Å²) in [7, 11) is 0. The maximum Gasteiger partial charge on any atom is 0.223 e. The summed E-state index contributed by atoms with van der Waals surface area (Å²) in [5.41, 5.74) is 2.56. The zero-order chi connectivity index (χ0) is 12.1. The average Bonchev–Trinajstić information content (AvgIpc) is 2.96. The number of hydrazine groups is 1. The quantitative estimate of drug-likeness (QED) is 0.301. The fourth-order valence-electron chi connectivity index (χ4n) is 1.95. The second-order valence-electron chi connectivity index (χ2n) is 4.16. The molecule has 0 spiro atoms. The Morgan fingerprint density at radius 1 is 1.53 bits per heavy atom. The van der Waals surface area contributed by atoms with Gasteiger partial charge in [-0.2, -0.15) is 4.98 Å². The predicted octanol–water partition coefficient (Wildman–Crippen LogP) is 0.230. The molecule has 1 heterocycles. The average molecular weight is 238 g/mol. The van der Waals surface area contributed by atoms with Crippen LogP contribution in [0, 0.1) is 6.92 Å². The molecule has 1 saturated carbocycles. The summed E-state index contributed by atoms with van der Waals surface area (Å²) in [5, 5.41) is 7.03. The van der Waals surface area contributed by atoms with Crippen LogP contribution in [0.1, 0.15) is 37.4 Å². The summed E-state index contributed by atoms with van der Waals surface area (Å²) >= 11 is 0. The van der Waals surface area contributed by atoms with Crippen molar-refractivity contribution < 1.29 is 4.52 Å². The Morgan fingerprint density at radius 2 is 2.29 bits per heavy atom. The van der Waals surface area contributed by atoms with Crippen molar-refractivity contribution in [2.45, 2.75) is 45.2 Å². The fourth-order valence-corrected chi connectivity index (χ4v) is 1.95. The molecule has 7 nitrogen and oxygen atoms in total. The number of nitrogens with zero attached hydrogens (tertiary/aromatic N) is 3. The van der Waals surface area contributed by atoms with E-state index in [2.05, 4.69) is 25.9 Å². The molecule has 0 radical (unpaired) electrons. The lowest BCUT2D eigenvalue weighted by atomic mass is 10.2. The first-order valence-electron chi connectivity index (χ1n) is 5.84. The van der Waals surface area contributed by atoms with E-state index in [4.69, 9.17) is 10.4 Å². The lowest BCUT2D eigenvalue weighted by molar-refractivity contribution is 0.387. The molecule has 0 bridgehead atoms. The summed E-state index contributed by atoms with van der Waals surface area (Å²) in [5.74, 6) is 7.10. The summed E-state index contributed by atoms with van der Waals surface area (Å²) in [6.45, 7) is 2.11. The molecule has 0 saturated heterocycles. The minimum absolute atomic E-state index is 0.358. The molecule has 4 N–H and O–H groups in total. The van der Waals surface area contributed by atoms with Crippen LogP contribution in [0.2, 0.25) is 0 Å². The monoisotopic (exact) mass is 238 g/mol. The van der Waals surface area contributed by atoms with Crippen LogP contribution in [0.25, 0.3) is 0 Å². The molecule has 94 valence electrons. The van der Waals surface area contributed by atoms with Crippen molar-refractivity contribution in [1.82, 2.24) is 20.9 Å². The minimum Gasteiger partial charge on any atom is -0.353 e. The van der Waals surface area contributed by atoms with Gasteiger partial charge in [-0.25, -0.2) is 10.8 Å². The van der Waals surface area contributed by atoms with Crippen LogP contribution >= 0.6 is 0 Å². The van der Waals surface area contributed by atoms with Gasteiger partial charge in [0.25, 0.3) is 0 Å². The standard InChI is InChI=1S/C10H18N6O/c1-7-13-9(16-17-7)6-12-10(15-11)14-8-4-2-3-5-8/h8H,2-6,11H2,1H3,(H2,12,14,15). The molecule has 1 aliphatic carbocycles. The van der Waals surface area contributed by atoms with Crippen LogP contribution in [0.3, 0.4) is 0 Å². The lowest BCUT2D eigenvalue weighted by Gasteiger charge is -2.14. The molecule has 0 aromatic carbocycles. The normalized spacial score (nSPS) is 17.4. The molecule has 7 heteroatoms. The molecule has 1 aliphatic rings. The van der Waals surface area contributed by atoms with Crippen LogP contribution < -0.4 is 16.6 Å². The summed E-state index contributed by atoms with van der Waals surface area (Å²) < 4.78 is 4.86. The number of guanidine groups is 1. The van der Waals surface area contributed by atoms with Gasteiger partial charge in [-0.3, -0.25) is 5.43 Å². The molecule has 1 aromatic heterocycles. The Labute approximate surface area is 99.8 Å². The number of hydrogen-bond donors (Lipinski definition) is 3. The molecule has 17 heavy (non-hydrogen) atoms. The maximum absolute atomic E-state index is 5.41. The third-order valence-corrected chi connectivity index (χ3v) is 2.78. The number of hydrogen-bond acceptors (Lipinski definition) is 5. The van der Waals surface area contributed by atoms with Gasteiger partial charge < -0.3 is 9.84 Å². The van der Waals surface area contributed by atoms with E-state index in [-0.39, 0.29) is 0 Å².